The summed E-state index contributed by atoms with van der Waals surface area (Å²) in [5.41, 5.74) is -0.0136. The molecule has 1 fully saturated rings. The van der Waals surface area contributed by atoms with E-state index in [0.717, 1.165) is 0 Å². The Hall–Kier alpha value is -1.74. The maximum absolute atomic E-state index is 12.4. The number of nitro groups is 1. The van der Waals surface area contributed by atoms with E-state index in [1.807, 2.05) is 0 Å². The molecule has 1 heterocycles. The number of aliphatic carboxylic acids is 1. The largest absolute Gasteiger partial charge is 0.480 e. The zero-order chi connectivity index (χ0) is 15.6. The Morgan fingerprint density at radius 2 is 2.24 bits per heavy atom. The molecular weight excluding hydrogens is 316 g/mol. The number of hydrogen-bond donors (Lipinski definition) is 1. The van der Waals surface area contributed by atoms with Crippen molar-refractivity contribution in [3.63, 3.8) is 0 Å². The van der Waals surface area contributed by atoms with E-state index < -0.39 is 22.8 Å². The molecule has 9 heteroatoms. The number of carbonyl (C=O) groups excluding carboxylic acids is 1. The van der Waals surface area contributed by atoms with Crippen molar-refractivity contribution < 1.29 is 19.6 Å². The normalized spacial score (nSPS) is 17.8. The summed E-state index contributed by atoms with van der Waals surface area (Å²) in [7, 11) is 0. The number of benzene rings is 1. The van der Waals surface area contributed by atoms with Crippen LogP contribution >= 0.6 is 23.5 Å². The molecule has 7 nitrogen and oxygen atoms in total. The SMILES string of the molecule is CSc1ccc(C(=O)N2CSC[C@H]2C(=O)O)cc1[N+](=O)[O-]. The summed E-state index contributed by atoms with van der Waals surface area (Å²) < 4.78 is 0. The average Bonchev–Trinajstić information content (AvgIpc) is 2.95. The first-order valence-corrected chi connectivity index (χ1v) is 8.27. The van der Waals surface area contributed by atoms with Crippen LogP contribution < -0.4 is 0 Å². The van der Waals surface area contributed by atoms with Crippen LogP contribution in [0.25, 0.3) is 0 Å². The third-order valence-electron chi connectivity index (χ3n) is 3.05. The van der Waals surface area contributed by atoms with Crippen molar-refractivity contribution >= 4 is 41.1 Å². The van der Waals surface area contributed by atoms with Gasteiger partial charge in [0.1, 0.15) is 6.04 Å². The van der Waals surface area contributed by atoms with Crippen molar-refractivity contribution in [2.45, 2.75) is 10.9 Å². The number of rotatable bonds is 4. The lowest BCUT2D eigenvalue weighted by atomic mass is 10.1. The molecule has 0 unspecified atom stereocenters. The summed E-state index contributed by atoms with van der Waals surface area (Å²) in [6.45, 7) is 0. The molecule has 21 heavy (non-hydrogen) atoms. The molecule has 0 radical (unpaired) electrons. The highest BCUT2D eigenvalue weighted by Gasteiger charge is 2.35. The first-order chi connectivity index (χ1) is 9.95. The van der Waals surface area contributed by atoms with E-state index in [1.54, 1.807) is 6.26 Å². The van der Waals surface area contributed by atoms with Crippen LogP contribution in [0.2, 0.25) is 0 Å². The number of carbonyl (C=O) groups is 2. The van der Waals surface area contributed by atoms with Crippen LogP contribution in [-0.2, 0) is 4.79 Å². The van der Waals surface area contributed by atoms with Gasteiger partial charge in [-0.15, -0.1) is 23.5 Å². The van der Waals surface area contributed by atoms with E-state index in [4.69, 9.17) is 5.11 Å². The minimum atomic E-state index is -1.07. The Bertz CT molecular complexity index is 607. The fourth-order valence-electron chi connectivity index (χ4n) is 1.98. The second kappa shape index (κ2) is 6.35. The van der Waals surface area contributed by atoms with Gasteiger partial charge in [0.05, 0.1) is 15.7 Å². The van der Waals surface area contributed by atoms with E-state index in [2.05, 4.69) is 0 Å². The van der Waals surface area contributed by atoms with Crippen molar-refractivity contribution in [3.05, 3.63) is 33.9 Å². The highest BCUT2D eigenvalue weighted by atomic mass is 32.2. The molecular formula is C12H12N2O5S2. The summed E-state index contributed by atoms with van der Waals surface area (Å²) in [4.78, 5) is 35.6. The average molecular weight is 328 g/mol. The number of carboxylic acid groups (broad SMARTS) is 1. The van der Waals surface area contributed by atoms with Gasteiger partial charge in [0.2, 0.25) is 0 Å². The van der Waals surface area contributed by atoms with E-state index >= 15 is 0 Å². The van der Waals surface area contributed by atoms with Gasteiger partial charge in [-0.3, -0.25) is 14.9 Å². The second-order valence-electron chi connectivity index (χ2n) is 4.27. The summed E-state index contributed by atoms with van der Waals surface area (Å²) in [6, 6.07) is 3.32. The summed E-state index contributed by atoms with van der Waals surface area (Å²) >= 11 is 2.56. The van der Waals surface area contributed by atoms with Crippen molar-refractivity contribution in [2.75, 3.05) is 17.9 Å². The summed E-state index contributed by atoms with van der Waals surface area (Å²) in [5.74, 6) is -0.966. The molecule has 0 spiro atoms. The highest BCUT2D eigenvalue weighted by molar-refractivity contribution is 7.99. The standard InChI is InChI=1S/C12H12N2O5S2/c1-20-10-3-2-7(4-8(10)14(18)19)11(15)13-6-21-5-9(13)12(16)17/h2-4,9H,5-6H2,1H3,(H,16,17)/t9-/m0/s1. The fourth-order valence-corrected chi connectivity index (χ4v) is 3.67. The third kappa shape index (κ3) is 3.13. The molecule has 112 valence electrons. The lowest BCUT2D eigenvalue weighted by Gasteiger charge is -2.20. The molecule has 1 aromatic rings. The Balaban J connectivity index is 2.33. The molecule has 0 aromatic heterocycles. The van der Waals surface area contributed by atoms with Crippen LogP contribution in [0.5, 0.6) is 0 Å². The first-order valence-electron chi connectivity index (χ1n) is 5.89. The molecule has 0 saturated carbocycles. The maximum atomic E-state index is 12.4. The molecule has 1 aliphatic rings. The van der Waals surface area contributed by atoms with Crippen LogP contribution in [0, 0.1) is 10.1 Å². The Morgan fingerprint density at radius 3 is 2.81 bits per heavy atom. The number of thioether (sulfide) groups is 2. The third-order valence-corrected chi connectivity index (χ3v) is 4.85. The van der Waals surface area contributed by atoms with Crippen molar-refractivity contribution in [1.29, 1.82) is 0 Å². The minimum absolute atomic E-state index is 0.133. The van der Waals surface area contributed by atoms with Gasteiger partial charge < -0.3 is 10.0 Å². The molecule has 1 atom stereocenters. The minimum Gasteiger partial charge on any atom is -0.480 e. The van der Waals surface area contributed by atoms with Gasteiger partial charge in [0.25, 0.3) is 11.6 Å². The summed E-state index contributed by atoms with van der Waals surface area (Å²) in [5, 5.41) is 20.1. The number of hydrogen-bond acceptors (Lipinski definition) is 6. The molecule has 2 rings (SSSR count). The van der Waals surface area contributed by atoms with Crippen LogP contribution in [0.4, 0.5) is 5.69 Å². The molecule has 1 aromatic carbocycles. The van der Waals surface area contributed by atoms with E-state index in [9.17, 15) is 19.7 Å². The Labute approximate surface area is 128 Å². The smallest absolute Gasteiger partial charge is 0.327 e. The maximum Gasteiger partial charge on any atom is 0.327 e. The number of nitrogens with zero attached hydrogens (tertiary/aromatic N) is 2. The second-order valence-corrected chi connectivity index (χ2v) is 6.12. The first kappa shape index (κ1) is 15.6. The molecule has 1 aliphatic heterocycles. The van der Waals surface area contributed by atoms with Gasteiger partial charge in [0.15, 0.2) is 0 Å². The van der Waals surface area contributed by atoms with Crippen molar-refractivity contribution in [2.24, 2.45) is 0 Å². The van der Waals surface area contributed by atoms with Gasteiger partial charge in [0, 0.05) is 17.4 Å². The van der Waals surface area contributed by atoms with Crippen molar-refractivity contribution in [3.8, 4) is 0 Å². The van der Waals surface area contributed by atoms with Crippen LogP contribution in [0.1, 0.15) is 10.4 Å². The topological polar surface area (TPSA) is 101 Å². The van der Waals surface area contributed by atoms with Crippen LogP contribution in [0.3, 0.4) is 0 Å². The monoisotopic (exact) mass is 328 g/mol. The number of carboxylic acids is 1. The predicted molar refractivity (Wildman–Crippen MR) is 79.8 cm³/mol. The number of amides is 1. The molecule has 0 bridgehead atoms. The van der Waals surface area contributed by atoms with Gasteiger partial charge in [-0.05, 0) is 18.4 Å². The van der Waals surface area contributed by atoms with E-state index in [-0.39, 0.29) is 17.1 Å². The van der Waals surface area contributed by atoms with Gasteiger partial charge in [-0.25, -0.2) is 4.79 Å². The highest BCUT2D eigenvalue weighted by Crippen LogP contribution is 2.30. The summed E-state index contributed by atoms with van der Waals surface area (Å²) in [6.07, 6.45) is 1.71. The zero-order valence-electron chi connectivity index (χ0n) is 11.0. The fraction of sp³-hybridized carbons (Fsp3) is 0.333. The van der Waals surface area contributed by atoms with Crippen molar-refractivity contribution in [1.82, 2.24) is 4.90 Å². The van der Waals surface area contributed by atoms with E-state index in [0.29, 0.717) is 10.6 Å². The van der Waals surface area contributed by atoms with Crippen LogP contribution in [-0.4, -0.2) is 50.7 Å². The molecule has 1 N–H and O–H groups in total. The van der Waals surface area contributed by atoms with E-state index in [1.165, 1.54) is 46.6 Å². The Kier molecular flexibility index (Phi) is 4.73. The van der Waals surface area contributed by atoms with Crippen LogP contribution in [0.15, 0.2) is 23.1 Å². The molecule has 1 amide bonds. The van der Waals surface area contributed by atoms with Gasteiger partial charge in [-0.2, -0.15) is 0 Å². The van der Waals surface area contributed by atoms with Gasteiger partial charge in [-0.1, -0.05) is 0 Å². The lowest BCUT2D eigenvalue weighted by molar-refractivity contribution is -0.387. The molecule has 1 saturated heterocycles. The number of nitro benzene ring substituents is 1. The quantitative estimate of drug-likeness (QED) is 0.512. The lowest BCUT2D eigenvalue weighted by Crippen LogP contribution is -2.41. The van der Waals surface area contributed by atoms with Gasteiger partial charge >= 0.3 is 5.97 Å². The zero-order valence-corrected chi connectivity index (χ0v) is 12.6. The predicted octanol–water partition coefficient (Wildman–Crippen LogP) is 1.92. The molecule has 0 aliphatic carbocycles. The Morgan fingerprint density at radius 1 is 1.52 bits per heavy atom.